The number of aliphatic hydroxyl groups is 1. The molecule has 3 heterocycles. The molecule has 2 aliphatic heterocycles. The van der Waals surface area contributed by atoms with Gasteiger partial charge in [0.05, 0.1) is 12.1 Å². The van der Waals surface area contributed by atoms with Gasteiger partial charge >= 0.3 is 0 Å². The summed E-state index contributed by atoms with van der Waals surface area (Å²) in [5.41, 5.74) is 0.789. The summed E-state index contributed by atoms with van der Waals surface area (Å²) in [6.45, 7) is 2.70. The third-order valence-corrected chi connectivity index (χ3v) is 5.57. The van der Waals surface area contributed by atoms with Crippen molar-refractivity contribution in [1.29, 1.82) is 0 Å². The third kappa shape index (κ3) is 3.88. The van der Waals surface area contributed by atoms with Gasteiger partial charge in [-0.25, -0.2) is 5.21 Å². The predicted molar refractivity (Wildman–Crippen MR) is 96.1 cm³/mol. The van der Waals surface area contributed by atoms with Crippen molar-refractivity contribution < 1.29 is 20.1 Å². The summed E-state index contributed by atoms with van der Waals surface area (Å²) < 4.78 is 5.52. The van der Waals surface area contributed by atoms with E-state index in [0.29, 0.717) is 36.3 Å². The van der Waals surface area contributed by atoms with Gasteiger partial charge < -0.3 is 19.7 Å². The fraction of sp³-hybridized carbons (Fsp3) is 0.556. The number of nitrogens with one attached hydrogen (secondary N) is 1. The average Bonchev–Trinajstić information content (AvgIpc) is 3.29. The van der Waals surface area contributed by atoms with Gasteiger partial charge in [-0.15, -0.1) is 0 Å². The summed E-state index contributed by atoms with van der Waals surface area (Å²) in [6, 6.07) is 6.79. The Hall–Kier alpha value is -1.88. The molecule has 3 N–H and O–H groups in total. The Balaban J connectivity index is 1.55. The van der Waals surface area contributed by atoms with E-state index in [9.17, 15) is 10.3 Å². The van der Waals surface area contributed by atoms with Crippen LogP contribution in [-0.2, 0) is 0 Å². The highest BCUT2D eigenvalue weighted by Crippen LogP contribution is 2.36. The predicted octanol–water partition coefficient (Wildman–Crippen LogP) is 0.342. The maximum Gasteiger partial charge on any atom is 0.244 e. The van der Waals surface area contributed by atoms with E-state index in [1.807, 2.05) is 0 Å². The number of hydrogen-bond acceptors (Lipinski definition) is 8. The van der Waals surface area contributed by atoms with Crippen LogP contribution in [0.2, 0.25) is 0 Å². The van der Waals surface area contributed by atoms with Crippen molar-refractivity contribution in [3.63, 3.8) is 0 Å². The largest absolute Gasteiger partial charge is 0.595 e. The van der Waals surface area contributed by atoms with E-state index < -0.39 is 11.3 Å². The van der Waals surface area contributed by atoms with Crippen LogP contribution in [0, 0.1) is 5.21 Å². The number of hydrogen-bond donors (Lipinski definition) is 3. The second kappa shape index (κ2) is 7.63. The van der Waals surface area contributed by atoms with Crippen molar-refractivity contribution in [2.75, 3.05) is 26.7 Å². The van der Waals surface area contributed by atoms with E-state index in [0.717, 1.165) is 25.9 Å². The number of benzene rings is 1. The van der Waals surface area contributed by atoms with E-state index in [1.165, 1.54) is 12.1 Å². The molecule has 0 amide bonds. The van der Waals surface area contributed by atoms with Gasteiger partial charge in [-0.2, -0.15) is 10.2 Å². The molecule has 27 heavy (non-hydrogen) atoms. The zero-order valence-corrected chi connectivity index (χ0v) is 15.3. The van der Waals surface area contributed by atoms with Gasteiger partial charge in [0, 0.05) is 30.3 Å². The van der Waals surface area contributed by atoms with E-state index in [1.54, 1.807) is 12.1 Å². The minimum Gasteiger partial charge on any atom is -0.595 e. The standard InChI is InChI=1S/C18H25N5O4/c1-21-7-5-13(6-8-21)22-11-15(24)10-16(22)18-19-17(20-27-18)12-3-2-4-14(9-12)23(25)26/h2-4,9,13,15-16,23-25H,5-8,10-11H2,1H3/t15-,16+/m1/s1. The topological polar surface area (TPSA) is 113 Å². The smallest absolute Gasteiger partial charge is 0.244 e. The van der Waals surface area contributed by atoms with Crippen molar-refractivity contribution in [1.82, 2.24) is 19.9 Å². The Morgan fingerprint density at radius 1 is 1.30 bits per heavy atom. The highest BCUT2D eigenvalue weighted by molar-refractivity contribution is 5.58. The van der Waals surface area contributed by atoms with Gasteiger partial charge in [0.15, 0.2) is 5.69 Å². The molecule has 4 rings (SSSR count). The van der Waals surface area contributed by atoms with Crippen LogP contribution in [0.5, 0.6) is 0 Å². The molecule has 2 fully saturated rings. The summed E-state index contributed by atoms with van der Waals surface area (Å²) >= 11 is 0. The van der Waals surface area contributed by atoms with E-state index in [2.05, 4.69) is 27.0 Å². The molecule has 1 aromatic carbocycles. The summed E-state index contributed by atoms with van der Waals surface area (Å²) in [7, 11) is 2.13. The maximum atomic E-state index is 11.2. The van der Waals surface area contributed by atoms with Crippen molar-refractivity contribution in [3.05, 3.63) is 35.4 Å². The minimum absolute atomic E-state index is 0.0997. The van der Waals surface area contributed by atoms with Crippen LogP contribution < -0.4 is 5.23 Å². The monoisotopic (exact) mass is 375 g/mol. The van der Waals surface area contributed by atoms with Gasteiger partial charge in [-0.1, -0.05) is 17.3 Å². The van der Waals surface area contributed by atoms with E-state index in [-0.39, 0.29) is 11.7 Å². The zero-order chi connectivity index (χ0) is 19.0. The number of aromatic nitrogens is 2. The number of piperidine rings is 1. The van der Waals surface area contributed by atoms with Gasteiger partial charge in [0.25, 0.3) is 0 Å². The lowest BCUT2D eigenvalue weighted by Gasteiger charge is -2.37. The summed E-state index contributed by atoms with van der Waals surface area (Å²) in [5.74, 6) is 0.860. The Labute approximate surface area is 157 Å². The first-order valence-corrected chi connectivity index (χ1v) is 9.31. The molecular formula is C18H25N5O4. The van der Waals surface area contributed by atoms with Crippen LogP contribution in [0.4, 0.5) is 5.69 Å². The second-order valence-corrected chi connectivity index (χ2v) is 7.48. The van der Waals surface area contributed by atoms with Gasteiger partial charge in [0.1, 0.15) is 0 Å². The zero-order valence-electron chi connectivity index (χ0n) is 15.3. The molecule has 1 unspecified atom stereocenters. The van der Waals surface area contributed by atoms with Crippen molar-refractivity contribution in [2.45, 2.75) is 37.5 Å². The lowest BCUT2D eigenvalue weighted by molar-refractivity contribution is -0.991. The molecule has 0 radical (unpaired) electrons. The van der Waals surface area contributed by atoms with Crippen LogP contribution in [0.15, 0.2) is 28.8 Å². The van der Waals surface area contributed by atoms with Crippen LogP contribution in [0.1, 0.15) is 31.2 Å². The quantitative estimate of drug-likeness (QED) is 0.656. The number of β-amino-alcohol motifs (C(OH)–C–C–N with tert-alkyl or cyclic N) is 1. The summed E-state index contributed by atoms with van der Waals surface area (Å²) in [5, 5.41) is 33.6. The normalized spacial score (nSPS) is 26.5. The molecule has 146 valence electrons. The molecule has 1 aromatic heterocycles. The van der Waals surface area contributed by atoms with Crippen LogP contribution in [-0.4, -0.2) is 69.1 Å². The molecule has 0 saturated carbocycles. The van der Waals surface area contributed by atoms with Gasteiger partial charge in [0.2, 0.25) is 11.7 Å². The minimum atomic E-state index is -0.993. The van der Waals surface area contributed by atoms with Gasteiger partial charge in [-0.3, -0.25) is 4.90 Å². The van der Waals surface area contributed by atoms with Crippen molar-refractivity contribution in [2.24, 2.45) is 0 Å². The van der Waals surface area contributed by atoms with Crippen LogP contribution >= 0.6 is 0 Å². The van der Waals surface area contributed by atoms with Gasteiger partial charge in [-0.05, 0) is 39.4 Å². The number of quaternary nitrogens is 1. The van der Waals surface area contributed by atoms with E-state index >= 15 is 0 Å². The molecule has 2 saturated heterocycles. The summed E-state index contributed by atoms with van der Waals surface area (Å²) in [6.07, 6.45) is 2.28. The molecule has 3 atom stereocenters. The molecule has 9 heteroatoms. The maximum absolute atomic E-state index is 11.2. The first-order valence-electron chi connectivity index (χ1n) is 9.31. The molecule has 0 aliphatic carbocycles. The Morgan fingerprint density at radius 2 is 2.07 bits per heavy atom. The first-order chi connectivity index (χ1) is 13.0. The second-order valence-electron chi connectivity index (χ2n) is 7.48. The van der Waals surface area contributed by atoms with E-state index in [4.69, 9.17) is 9.73 Å². The lowest BCUT2D eigenvalue weighted by atomic mass is 10.0. The molecule has 9 nitrogen and oxygen atoms in total. The van der Waals surface area contributed by atoms with Crippen molar-refractivity contribution >= 4 is 5.69 Å². The Morgan fingerprint density at radius 3 is 2.81 bits per heavy atom. The highest BCUT2D eigenvalue weighted by Gasteiger charge is 2.40. The highest BCUT2D eigenvalue weighted by atomic mass is 16.8. The molecule has 2 aliphatic rings. The average molecular weight is 375 g/mol. The fourth-order valence-electron chi connectivity index (χ4n) is 4.09. The molecule has 2 aromatic rings. The number of rotatable bonds is 4. The molecule has 0 bridgehead atoms. The lowest BCUT2D eigenvalue weighted by Crippen LogP contribution is -2.99. The number of nitrogens with zero attached hydrogens (tertiary/aromatic N) is 4. The van der Waals surface area contributed by atoms with Crippen LogP contribution in [0.3, 0.4) is 0 Å². The summed E-state index contributed by atoms with van der Waals surface area (Å²) in [4.78, 5) is 9.14. The SMILES string of the molecule is CN1CCC(N2C[C@H](O)C[C@H]2c2nc(-c3cccc([NH+]([O-])O)c3)no2)CC1. The first kappa shape index (κ1) is 18.5. The number of likely N-dealkylation sites (tertiary alicyclic amines) is 2. The Bertz CT molecular complexity index is 775. The Kier molecular flexibility index (Phi) is 5.22. The fourth-order valence-corrected chi connectivity index (χ4v) is 4.09. The third-order valence-electron chi connectivity index (χ3n) is 5.57. The number of aliphatic hydroxyl groups excluding tert-OH is 1. The molecule has 0 spiro atoms. The van der Waals surface area contributed by atoms with Crippen molar-refractivity contribution in [3.8, 4) is 11.4 Å². The molecular weight excluding hydrogens is 350 g/mol. The van der Waals surface area contributed by atoms with Crippen LogP contribution in [0.25, 0.3) is 11.4 Å².